The molecule has 5 fully saturated rings. The van der Waals surface area contributed by atoms with Gasteiger partial charge in [-0.1, -0.05) is 17.7 Å². The topological polar surface area (TPSA) is 126 Å². The van der Waals surface area contributed by atoms with E-state index in [1.165, 1.54) is 25.7 Å². The van der Waals surface area contributed by atoms with E-state index in [0.717, 1.165) is 50.1 Å². The Hall–Kier alpha value is -3.09. The second-order valence-corrected chi connectivity index (χ2v) is 17.9. The van der Waals surface area contributed by atoms with Crippen molar-refractivity contribution in [3.63, 3.8) is 0 Å². The number of nitrogens with one attached hydrogen (secondary N) is 2. The highest BCUT2D eigenvalue weighted by Gasteiger charge is 2.85. The predicted octanol–water partition coefficient (Wildman–Crippen LogP) is 7.50. The highest BCUT2D eigenvalue weighted by Crippen LogP contribution is 2.93. The summed E-state index contributed by atoms with van der Waals surface area (Å²) in [5, 5.41) is 4.03. The molecule has 2 atom stereocenters. The van der Waals surface area contributed by atoms with Gasteiger partial charge in [0.2, 0.25) is 0 Å². The van der Waals surface area contributed by atoms with Gasteiger partial charge in [0.15, 0.2) is 0 Å². The maximum atomic E-state index is 13.1. The van der Waals surface area contributed by atoms with E-state index in [1.807, 2.05) is 43.9 Å². The van der Waals surface area contributed by atoms with Gasteiger partial charge < -0.3 is 19.7 Å². The number of hydrogen-bond acceptors (Lipinski definition) is 9. The van der Waals surface area contributed by atoms with Gasteiger partial charge in [0.05, 0.1) is 5.56 Å². The standard InChI is InChI=1S/C38H51ClN6O5S/c1-35(2,3)50-34(48)45-23-24(22-36(45,4)5)8-7-19-40-28-9-6-10-30(41-28)51-43-32(46)25-11-12-29(42-31(25)39)44-20-13-26(33(44)47)49-21-14-27-37(15-16-37)38(27)17-18-38/h6,9-12,24,26-27H,7-8,13-23H2,1-5H3,(H,40,41)(H,43,46). The maximum Gasteiger partial charge on any atom is 0.410 e. The molecule has 3 saturated carbocycles. The number of rotatable bonds is 13. The second kappa shape index (κ2) is 13.7. The quantitative estimate of drug-likeness (QED) is 0.122. The molecule has 51 heavy (non-hydrogen) atoms. The molecule has 2 N–H and O–H groups in total. The van der Waals surface area contributed by atoms with Crippen LogP contribution in [-0.4, -0.2) is 76.3 Å². The molecule has 13 heteroatoms. The zero-order valence-electron chi connectivity index (χ0n) is 30.4. The van der Waals surface area contributed by atoms with Crippen molar-refractivity contribution in [1.29, 1.82) is 0 Å². The number of fused-ring (bicyclic) bond motifs is 1. The number of likely N-dealkylation sites (tertiary alicyclic amines) is 1. The molecule has 5 aliphatic rings. The highest BCUT2D eigenvalue weighted by molar-refractivity contribution is 7.97. The summed E-state index contributed by atoms with van der Waals surface area (Å²) in [6, 6.07) is 8.86. The van der Waals surface area contributed by atoms with Crippen LogP contribution in [0.2, 0.25) is 5.15 Å². The predicted molar refractivity (Wildman–Crippen MR) is 198 cm³/mol. The van der Waals surface area contributed by atoms with Crippen LogP contribution in [-0.2, 0) is 14.3 Å². The third-order valence-corrected chi connectivity index (χ3v) is 12.7. The summed E-state index contributed by atoms with van der Waals surface area (Å²) >= 11 is 7.56. The fraction of sp³-hybridized carbons (Fsp3) is 0.658. The molecule has 11 nitrogen and oxygen atoms in total. The van der Waals surface area contributed by atoms with E-state index in [0.29, 0.717) is 59.5 Å². The summed E-state index contributed by atoms with van der Waals surface area (Å²) in [4.78, 5) is 51.4. The summed E-state index contributed by atoms with van der Waals surface area (Å²) in [6.07, 6.45) is 9.36. The number of ether oxygens (including phenoxy) is 2. The van der Waals surface area contributed by atoms with Crippen LogP contribution in [0.4, 0.5) is 16.4 Å². The fourth-order valence-electron chi connectivity index (χ4n) is 9.01. The molecule has 2 unspecified atom stereocenters. The Morgan fingerprint density at radius 1 is 1.06 bits per heavy atom. The third kappa shape index (κ3) is 7.55. The first-order valence-corrected chi connectivity index (χ1v) is 19.7. The average Bonchev–Trinajstić information content (AvgIpc) is 4.02. The third-order valence-electron chi connectivity index (χ3n) is 11.7. The van der Waals surface area contributed by atoms with Crippen LogP contribution in [0.5, 0.6) is 0 Å². The summed E-state index contributed by atoms with van der Waals surface area (Å²) < 4.78 is 14.5. The van der Waals surface area contributed by atoms with E-state index in [-0.39, 0.29) is 28.3 Å². The molecule has 2 aromatic heterocycles. The number of nitrogens with zero attached hydrogens (tertiary/aromatic N) is 4. The minimum Gasteiger partial charge on any atom is -0.444 e. The van der Waals surface area contributed by atoms with Gasteiger partial charge in [0.1, 0.15) is 33.5 Å². The largest absolute Gasteiger partial charge is 0.444 e. The van der Waals surface area contributed by atoms with Crippen LogP contribution in [0.1, 0.15) is 103 Å². The van der Waals surface area contributed by atoms with E-state index in [1.54, 1.807) is 17.0 Å². The molecule has 0 aromatic carbocycles. The van der Waals surface area contributed by atoms with E-state index in [4.69, 9.17) is 21.1 Å². The second-order valence-electron chi connectivity index (χ2n) is 16.7. The maximum absolute atomic E-state index is 13.1. The molecule has 4 heterocycles. The number of amides is 3. The summed E-state index contributed by atoms with van der Waals surface area (Å²) in [6.45, 7) is 12.4. The molecule has 2 aliphatic heterocycles. The van der Waals surface area contributed by atoms with Gasteiger partial charge in [0, 0.05) is 50.1 Å². The van der Waals surface area contributed by atoms with E-state index >= 15 is 0 Å². The Balaban J connectivity index is 0.831. The molecule has 0 radical (unpaired) electrons. The Kier molecular flexibility index (Phi) is 9.75. The highest BCUT2D eigenvalue weighted by atomic mass is 35.5. The van der Waals surface area contributed by atoms with Crippen LogP contribution in [0.3, 0.4) is 0 Å². The monoisotopic (exact) mass is 738 g/mol. The summed E-state index contributed by atoms with van der Waals surface area (Å²) in [5.74, 6) is 1.84. The number of halogens is 1. The molecule has 3 aliphatic carbocycles. The lowest BCUT2D eigenvalue weighted by Crippen LogP contribution is -2.45. The van der Waals surface area contributed by atoms with Crippen LogP contribution < -0.4 is 14.9 Å². The first-order valence-electron chi connectivity index (χ1n) is 18.5. The van der Waals surface area contributed by atoms with Crippen LogP contribution in [0.15, 0.2) is 35.4 Å². The lowest BCUT2D eigenvalue weighted by atomic mass is 9.93. The first-order chi connectivity index (χ1) is 24.2. The van der Waals surface area contributed by atoms with Gasteiger partial charge in [-0.05, 0) is 133 Å². The number of hydrogen-bond donors (Lipinski definition) is 2. The van der Waals surface area contributed by atoms with Crippen molar-refractivity contribution in [2.24, 2.45) is 22.7 Å². The fourth-order valence-corrected chi connectivity index (χ4v) is 9.85. The lowest BCUT2D eigenvalue weighted by Gasteiger charge is -2.33. The number of pyridine rings is 2. The molecule has 2 saturated heterocycles. The molecule has 276 valence electrons. The molecule has 2 aromatic rings. The molecular formula is C38H51ClN6O5S. The molecule has 7 rings (SSSR count). The zero-order chi connectivity index (χ0) is 36.2. The van der Waals surface area contributed by atoms with E-state index in [9.17, 15) is 14.4 Å². The molecule has 2 spiro atoms. The first kappa shape index (κ1) is 36.3. The van der Waals surface area contributed by atoms with Crippen molar-refractivity contribution in [3.05, 3.63) is 41.0 Å². The minimum atomic E-state index is -0.516. The van der Waals surface area contributed by atoms with Crippen LogP contribution in [0, 0.1) is 22.7 Å². The zero-order valence-corrected chi connectivity index (χ0v) is 32.0. The van der Waals surface area contributed by atoms with E-state index < -0.39 is 17.6 Å². The molecular weight excluding hydrogens is 688 g/mol. The summed E-state index contributed by atoms with van der Waals surface area (Å²) in [7, 11) is 0. The van der Waals surface area contributed by atoms with Gasteiger partial charge in [-0.2, -0.15) is 0 Å². The number of carbonyl (C=O) groups is 3. The van der Waals surface area contributed by atoms with Crippen molar-refractivity contribution in [1.82, 2.24) is 19.6 Å². The Bertz CT molecular complexity index is 1660. The molecule has 0 bridgehead atoms. The minimum absolute atomic E-state index is 0.0317. The number of aromatic nitrogens is 2. The van der Waals surface area contributed by atoms with Crippen molar-refractivity contribution < 1.29 is 23.9 Å². The Morgan fingerprint density at radius 3 is 2.49 bits per heavy atom. The smallest absolute Gasteiger partial charge is 0.410 e. The van der Waals surface area contributed by atoms with Gasteiger partial charge >= 0.3 is 6.09 Å². The SMILES string of the molecule is CC(C)(C)OC(=O)N1CC(CCCNc2cccc(SNC(=O)c3ccc(N4CCC(OCCC5C6(CC6)C56CC6)C4=O)nc3Cl)n2)CC1(C)C. The van der Waals surface area contributed by atoms with Gasteiger partial charge in [-0.25, -0.2) is 14.8 Å². The Labute approximate surface area is 310 Å². The Morgan fingerprint density at radius 2 is 1.80 bits per heavy atom. The lowest BCUT2D eigenvalue weighted by molar-refractivity contribution is -0.127. The average molecular weight is 739 g/mol. The summed E-state index contributed by atoms with van der Waals surface area (Å²) in [5.41, 5.74) is 0.766. The van der Waals surface area contributed by atoms with Gasteiger partial charge in [-0.15, -0.1) is 0 Å². The van der Waals surface area contributed by atoms with Crippen molar-refractivity contribution in [2.45, 2.75) is 115 Å². The number of anilines is 2. The van der Waals surface area contributed by atoms with Crippen molar-refractivity contribution in [3.8, 4) is 0 Å². The van der Waals surface area contributed by atoms with Crippen molar-refractivity contribution in [2.75, 3.05) is 36.5 Å². The van der Waals surface area contributed by atoms with Crippen LogP contribution >= 0.6 is 23.5 Å². The van der Waals surface area contributed by atoms with E-state index in [2.05, 4.69) is 33.9 Å². The van der Waals surface area contributed by atoms with Crippen LogP contribution in [0.25, 0.3) is 0 Å². The van der Waals surface area contributed by atoms with Gasteiger partial charge in [0.25, 0.3) is 11.8 Å². The molecule has 3 amide bonds. The van der Waals surface area contributed by atoms with Gasteiger partial charge in [-0.3, -0.25) is 19.2 Å². The normalized spacial score (nSPS) is 23.9. The number of carbonyl (C=O) groups excluding carboxylic acids is 3. The van der Waals surface area contributed by atoms with Crippen molar-refractivity contribution >= 4 is 53.1 Å².